The average molecular weight is 501 g/mol. The number of halogens is 1. The van der Waals surface area contributed by atoms with E-state index in [4.69, 9.17) is 16.3 Å². The first-order valence-electron chi connectivity index (χ1n) is 10.9. The molecule has 3 rings (SSSR count). The summed E-state index contributed by atoms with van der Waals surface area (Å²) in [7, 11) is -2.21. The Morgan fingerprint density at radius 1 is 1.00 bits per heavy atom. The summed E-state index contributed by atoms with van der Waals surface area (Å²) in [6, 6.07) is 18.3. The van der Waals surface area contributed by atoms with Gasteiger partial charge in [0, 0.05) is 5.69 Å². The second-order valence-corrected chi connectivity index (χ2v) is 10.6. The molecule has 0 heterocycles. The molecule has 0 saturated heterocycles. The Labute approximate surface area is 206 Å². The van der Waals surface area contributed by atoms with Crippen LogP contribution < -0.4 is 14.8 Å². The van der Waals surface area contributed by atoms with Gasteiger partial charge in [0.25, 0.3) is 15.9 Å². The number of hydrogen-bond acceptors (Lipinski definition) is 4. The van der Waals surface area contributed by atoms with Crippen molar-refractivity contribution in [1.29, 1.82) is 0 Å². The SMILES string of the molecule is COc1ccc([C@@H](CC(C)C)NC(=O)c2cc(NS(=O)(=O)c3ccc(C)cc3)ccc2Cl)cc1. The molecule has 6 nitrogen and oxygen atoms in total. The monoisotopic (exact) mass is 500 g/mol. The van der Waals surface area contributed by atoms with Crippen LogP contribution in [0.25, 0.3) is 0 Å². The van der Waals surface area contributed by atoms with Crippen LogP contribution in [0.4, 0.5) is 5.69 Å². The summed E-state index contributed by atoms with van der Waals surface area (Å²) >= 11 is 6.32. The van der Waals surface area contributed by atoms with Crippen molar-refractivity contribution in [3.05, 3.63) is 88.4 Å². The number of methoxy groups -OCH3 is 1. The van der Waals surface area contributed by atoms with Crippen molar-refractivity contribution in [2.75, 3.05) is 11.8 Å². The van der Waals surface area contributed by atoms with Gasteiger partial charge in [-0.1, -0.05) is 55.3 Å². The third kappa shape index (κ3) is 6.52. The Morgan fingerprint density at radius 2 is 1.65 bits per heavy atom. The number of hydrogen-bond donors (Lipinski definition) is 2. The van der Waals surface area contributed by atoms with Crippen LogP contribution in [0.1, 0.15) is 47.8 Å². The van der Waals surface area contributed by atoms with Crippen LogP contribution in [-0.4, -0.2) is 21.4 Å². The number of benzene rings is 3. The average Bonchev–Trinajstić information content (AvgIpc) is 2.79. The highest BCUT2D eigenvalue weighted by atomic mass is 35.5. The summed E-state index contributed by atoms with van der Waals surface area (Å²) < 4.78 is 33.3. The van der Waals surface area contributed by atoms with Crippen LogP contribution in [0.2, 0.25) is 5.02 Å². The van der Waals surface area contributed by atoms with Gasteiger partial charge < -0.3 is 10.1 Å². The molecule has 3 aromatic rings. The van der Waals surface area contributed by atoms with Crippen molar-refractivity contribution < 1.29 is 17.9 Å². The van der Waals surface area contributed by atoms with E-state index in [-0.39, 0.29) is 33.1 Å². The first kappa shape index (κ1) is 25.6. The van der Waals surface area contributed by atoms with E-state index in [0.717, 1.165) is 23.3 Å². The molecule has 0 spiro atoms. The van der Waals surface area contributed by atoms with Gasteiger partial charge >= 0.3 is 0 Å². The van der Waals surface area contributed by atoms with Gasteiger partial charge in [-0.25, -0.2) is 8.42 Å². The lowest BCUT2D eigenvalue weighted by Crippen LogP contribution is -2.30. The first-order chi connectivity index (χ1) is 16.1. The summed E-state index contributed by atoms with van der Waals surface area (Å²) in [5, 5.41) is 3.28. The number of carbonyl (C=O) groups excluding carboxylic acids is 1. The highest BCUT2D eigenvalue weighted by molar-refractivity contribution is 7.92. The van der Waals surface area contributed by atoms with Crippen LogP contribution >= 0.6 is 11.6 Å². The summed E-state index contributed by atoms with van der Waals surface area (Å²) in [5.41, 5.74) is 2.33. The lowest BCUT2D eigenvalue weighted by Gasteiger charge is -2.22. The van der Waals surface area contributed by atoms with Crippen molar-refractivity contribution in [3.8, 4) is 5.75 Å². The van der Waals surface area contributed by atoms with Gasteiger partial charge in [-0.05, 0) is 67.3 Å². The molecule has 0 fully saturated rings. The normalized spacial score (nSPS) is 12.3. The Balaban J connectivity index is 1.84. The number of sulfonamides is 1. The van der Waals surface area contributed by atoms with Crippen molar-refractivity contribution in [2.45, 2.75) is 38.1 Å². The number of aryl methyl sites for hydroxylation is 1. The van der Waals surface area contributed by atoms with Crippen molar-refractivity contribution in [2.24, 2.45) is 5.92 Å². The molecule has 0 unspecified atom stereocenters. The predicted octanol–water partition coefficient (Wildman–Crippen LogP) is 5.98. The van der Waals surface area contributed by atoms with Gasteiger partial charge in [0.15, 0.2) is 0 Å². The van der Waals surface area contributed by atoms with Crippen molar-refractivity contribution in [3.63, 3.8) is 0 Å². The highest BCUT2D eigenvalue weighted by Gasteiger charge is 2.21. The zero-order chi connectivity index (χ0) is 24.9. The summed E-state index contributed by atoms with van der Waals surface area (Å²) in [6.07, 6.45) is 0.718. The lowest BCUT2D eigenvalue weighted by atomic mass is 9.96. The van der Waals surface area contributed by atoms with Crippen molar-refractivity contribution >= 4 is 33.2 Å². The van der Waals surface area contributed by atoms with E-state index in [1.54, 1.807) is 19.2 Å². The van der Waals surface area contributed by atoms with Crippen LogP contribution in [0.3, 0.4) is 0 Å². The van der Waals surface area contributed by atoms with E-state index in [1.165, 1.54) is 30.3 Å². The fourth-order valence-corrected chi connectivity index (χ4v) is 4.77. The molecule has 1 atom stereocenters. The molecule has 180 valence electrons. The highest BCUT2D eigenvalue weighted by Crippen LogP contribution is 2.27. The minimum absolute atomic E-state index is 0.135. The Bertz CT molecular complexity index is 1240. The van der Waals surface area contributed by atoms with Crippen LogP contribution in [0.15, 0.2) is 71.6 Å². The number of ether oxygens (including phenoxy) is 1. The molecule has 34 heavy (non-hydrogen) atoms. The van der Waals surface area contributed by atoms with Gasteiger partial charge in [0.2, 0.25) is 0 Å². The number of amides is 1. The maximum atomic E-state index is 13.2. The topological polar surface area (TPSA) is 84.5 Å². The Kier molecular flexibility index (Phi) is 8.23. The van der Waals surface area contributed by atoms with Gasteiger partial charge in [-0.3, -0.25) is 9.52 Å². The maximum Gasteiger partial charge on any atom is 0.261 e. The van der Waals surface area contributed by atoms with Crippen LogP contribution in [0.5, 0.6) is 5.75 Å². The van der Waals surface area contributed by atoms with Crippen LogP contribution in [-0.2, 0) is 10.0 Å². The second-order valence-electron chi connectivity index (χ2n) is 8.54. The van der Waals surface area contributed by atoms with E-state index in [0.29, 0.717) is 5.92 Å². The minimum Gasteiger partial charge on any atom is -0.497 e. The molecule has 0 saturated carbocycles. The third-order valence-electron chi connectivity index (χ3n) is 5.33. The molecule has 1 amide bonds. The smallest absolute Gasteiger partial charge is 0.261 e. The fraction of sp³-hybridized carbons (Fsp3) is 0.269. The number of anilines is 1. The van der Waals surface area contributed by atoms with E-state index >= 15 is 0 Å². The molecule has 0 radical (unpaired) electrons. The van der Waals surface area contributed by atoms with Gasteiger partial charge in [-0.15, -0.1) is 0 Å². The zero-order valence-electron chi connectivity index (χ0n) is 19.6. The summed E-state index contributed by atoms with van der Waals surface area (Å²) in [4.78, 5) is 13.3. The molecule has 2 N–H and O–H groups in total. The van der Waals surface area contributed by atoms with Gasteiger partial charge in [-0.2, -0.15) is 0 Å². The van der Waals surface area contributed by atoms with E-state index in [1.807, 2.05) is 31.2 Å². The van der Waals surface area contributed by atoms with E-state index in [2.05, 4.69) is 23.9 Å². The largest absolute Gasteiger partial charge is 0.497 e. The van der Waals surface area contributed by atoms with Crippen LogP contribution in [0, 0.1) is 12.8 Å². The number of nitrogens with one attached hydrogen (secondary N) is 2. The molecule has 0 aliphatic carbocycles. The lowest BCUT2D eigenvalue weighted by molar-refractivity contribution is 0.0932. The van der Waals surface area contributed by atoms with E-state index < -0.39 is 10.0 Å². The molecule has 3 aromatic carbocycles. The summed E-state index contributed by atoms with van der Waals surface area (Å²) in [5.74, 6) is 0.674. The molecular weight excluding hydrogens is 472 g/mol. The number of carbonyl (C=O) groups is 1. The Morgan fingerprint density at radius 3 is 2.24 bits per heavy atom. The predicted molar refractivity (Wildman–Crippen MR) is 136 cm³/mol. The first-order valence-corrected chi connectivity index (χ1v) is 12.8. The molecule has 0 aliphatic rings. The third-order valence-corrected chi connectivity index (χ3v) is 7.05. The number of rotatable bonds is 9. The fourth-order valence-electron chi connectivity index (χ4n) is 3.52. The Hall–Kier alpha value is -3.03. The second kappa shape index (κ2) is 10.9. The molecule has 0 aromatic heterocycles. The maximum absolute atomic E-state index is 13.2. The molecular formula is C26H29ClN2O4S. The molecule has 0 aliphatic heterocycles. The van der Waals surface area contributed by atoms with Gasteiger partial charge in [0.1, 0.15) is 5.75 Å². The minimum atomic E-state index is -3.81. The quantitative estimate of drug-likeness (QED) is 0.378. The molecule has 0 bridgehead atoms. The van der Waals surface area contributed by atoms with Gasteiger partial charge in [0.05, 0.1) is 28.6 Å². The summed E-state index contributed by atoms with van der Waals surface area (Å²) in [6.45, 7) is 6.04. The van der Waals surface area contributed by atoms with Crippen molar-refractivity contribution in [1.82, 2.24) is 5.32 Å². The zero-order valence-corrected chi connectivity index (χ0v) is 21.2. The molecule has 8 heteroatoms. The standard InChI is InChI=1S/C26H29ClN2O4S/c1-17(2)15-25(19-7-10-21(33-4)11-8-19)28-26(30)23-16-20(9-14-24(23)27)29-34(31,32)22-12-5-18(3)6-13-22/h5-14,16-17,25,29H,15H2,1-4H3,(H,28,30)/t25-/m1/s1. The van der Waals surface area contributed by atoms with E-state index in [9.17, 15) is 13.2 Å².